The smallest absolute Gasteiger partial charge is 0.191 e. The molecular formula is C23H28FN5O2. The molecule has 0 aliphatic carbocycles. The van der Waals surface area contributed by atoms with E-state index in [1.54, 1.807) is 37.2 Å². The number of rotatable bonds is 8. The van der Waals surface area contributed by atoms with Crippen molar-refractivity contribution in [1.82, 2.24) is 20.2 Å². The Labute approximate surface area is 181 Å². The first-order valence-electron chi connectivity index (χ1n) is 10.0. The first-order valence-corrected chi connectivity index (χ1v) is 10.0. The molecule has 0 bridgehead atoms. The molecule has 164 valence electrons. The predicted octanol–water partition coefficient (Wildman–Crippen LogP) is 3.46. The second-order valence-corrected chi connectivity index (χ2v) is 7.04. The third-order valence-corrected chi connectivity index (χ3v) is 4.72. The van der Waals surface area contributed by atoms with Gasteiger partial charge in [-0.1, -0.05) is 12.1 Å². The number of benzene rings is 2. The van der Waals surface area contributed by atoms with Gasteiger partial charge in [0.25, 0.3) is 0 Å². The molecule has 1 atom stereocenters. The van der Waals surface area contributed by atoms with E-state index < -0.39 is 0 Å². The van der Waals surface area contributed by atoms with Gasteiger partial charge < -0.3 is 24.7 Å². The normalized spacial score (nSPS) is 12.4. The van der Waals surface area contributed by atoms with Crippen LogP contribution < -0.4 is 20.1 Å². The van der Waals surface area contributed by atoms with E-state index in [4.69, 9.17) is 9.47 Å². The molecule has 2 N–H and O–H groups in total. The van der Waals surface area contributed by atoms with Crippen molar-refractivity contribution in [2.75, 3.05) is 20.7 Å². The van der Waals surface area contributed by atoms with Gasteiger partial charge in [0.2, 0.25) is 0 Å². The van der Waals surface area contributed by atoms with E-state index in [0.717, 1.165) is 22.9 Å². The summed E-state index contributed by atoms with van der Waals surface area (Å²) >= 11 is 0. The highest BCUT2D eigenvalue weighted by molar-refractivity contribution is 5.79. The molecular weight excluding hydrogens is 397 g/mol. The fourth-order valence-electron chi connectivity index (χ4n) is 3.08. The molecule has 3 aromatic rings. The molecule has 0 fully saturated rings. The maximum absolute atomic E-state index is 14.6. The van der Waals surface area contributed by atoms with Gasteiger partial charge in [0.15, 0.2) is 5.96 Å². The van der Waals surface area contributed by atoms with Gasteiger partial charge in [-0.15, -0.1) is 0 Å². The summed E-state index contributed by atoms with van der Waals surface area (Å²) in [6.45, 7) is 4.78. The van der Waals surface area contributed by atoms with Crippen LogP contribution in [0.4, 0.5) is 4.39 Å². The highest BCUT2D eigenvalue weighted by atomic mass is 19.1. The minimum Gasteiger partial charge on any atom is -0.497 e. The molecule has 0 spiro atoms. The molecule has 0 aliphatic heterocycles. The van der Waals surface area contributed by atoms with E-state index in [-0.39, 0.29) is 11.9 Å². The van der Waals surface area contributed by atoms with Crippen molar-refractivity contribution in [3.8, 4) is 17.2 Å². The fraction of sp³-hybridized carbons (Fsp3) is 0.304. The number of aromatic nitrogens is 2. The van der Waals surface area contributed by atoms with E-state index in [9.17, 15) is 4.39 Å². The van der Waals surface area contributed by atoms with Crippen LogP contribution in [0, 0.1) is 12.7 Å². The molecule has 0 saturated carbocycles. The van der Waals surface area contributed by atoms with Crippen molar-refractivity contribution in [3.63, 3.8) is 0 Å². The van der Waals surface area contributed by atoms with Crippen LogP contribution in [-0.2, 0) is 6.54 Å². The Morgan fingerprint density at radius 2 is 2.00 bits per heavy atom. The summed E-state index contributed by atoms with van der Waals surface area (Å²) in [6, 6.07) is 12.6. The van der Waals surface area contributed by atoms with Gasteiger partial charge in [-0.25, -0.2) is 9.37 Å². The molecule has 8 heteroatoms. The average Bonchev–Trinajstić information content (AvgIpc) is 3.19. The highest BCUT2D eigenvalue weighted by Crippen LogP contribution is 2.20. The van der Waals surface area contributed by atoms with Gasteiger partial charge in [-0.2, -0.15) is 0 Å². The molecule has 0 saturated heterocycles. The van der Waals surface area contributed by atoms with Crippen LogP contribution in [0.5, 0.6) is 11.5 Å². The summed E-state index contributed by atoms with van der Waals surface area (Å²) in [4.78, 5) is 8.35. The number of nitrogens with one attached hydrogen (secondary N) is 2. The van der Waals surface area contributed by atoms with E-state index in [2.05, 4.69) is 20.6 Å². The zero-order chi connectivity index (χ0) is 22.2. The standard InChI is InChI=1S/C23H28FN5O2/c1-16(31-20-7-5-6-19(13-20)30-4)14-27-23(25-3)28-15-18-8-9-22(21(24)12-18)29-11-10-26-17(29)2/h5-13,16H,14-15H2,1-4H3,(H2,25,27,28). The van der Waals surface area contributed by atoms with Crippen LogP contribution in [0.1, 0.15) is 18.3 Å². The fourth-order valence-corrected chi connectivity index (χ4v) is 3.08. The first kappa shape index (κ1) is 22.1. The van der Waals surface area contributed by atoms with Gasteiger partial charge in [-0.3, -0.25) is 4.99 Å². The van der Waals surface area contributed by atoms with Crippen LogP contribution in [0.3, 0.4) is 0 Å². The van der Waals surface area contributed by atoms with Gasteiger partial charge >= 0.3 is 0 Å². The topological polar surface area (TPSA) is 72.7 Å². The van der Waals surface area contributed by atoms with E-state index in [0.29, 0.717) is 24.7 Å². The number of aliphatic imine (C=N–C) groups is 1. The van der Waals surface area contributed by atoms with Crippen LogP contribution in [-0.4, -0.2) is 42.3 Å². The van der Waals surface area contributed by atoms with Gasteiger partial charge in [0.05, 0.1) is 19.3 Å². The number of hydrogen-bond acceptors (Lipinski definition) is 4. The number of nitrogens with zero attached hydrogens (tertiary/aromatic N) is 3. The third-order valence-electron chi connectivity index (χ3n) is 4.72. The van der Waals surface area contributed by atoms with Crippen LogP contribution in [0.2, 0.25) is 0 Å². The molecule has 2 aromatic carbocycles. The van der Waals surface area contributed by atoms with Crippen molar-refractivity contribution in [1.29, 1.82) is 0 Å². The van der Waals surface area contributed by atoms with Crippen molar-refractivity contribution in [2.24, 2.45) is 4.99 Å². The van der Waals surface area contributed by atoms with Crippen molar-refractivity contribution < 1.29 is 13.9 Å². The van der Waals surface area contributed by atoms with Crippen molar-refractivity contribution in [3.05, 3.63) is 72.1 Å². The van der Waals surface area contributed by atoms with E-state index >= 15 is 0 Å². The molecule has 0 amide bonds. The highest BCUT2D eigenvalue weighted by Gasteiger charge is 2.09. The van der Waals surface area contributed by atoms with Gasteiger partial charge in [0, 0.05) is 32.1 Å². The maximum Gasteiger partial charge on any atom is 0.191 e. The minimum atomic E-state index is -0.302. The molecule has 0 aliphatic rings. The lowest BCUT2D eigenvalue weighted by Crippen LogP contribution is -2.41. The number of hydrogen-bond donors (Lipinski definition) is 2. The summed E-state index contributed by atoms with van der Waals surface area (Å²) in [5.41, 5.74) is 1.28. The summed E-state index contributed by atoms with van der Waals surface area (Å²) in [6.07, 6.45) is 3.30. The summed E-state index contributed by atoms with van der Waals surface area (Å²) in [7, 11) is 3.31. The minimum absolute atomic E-state index is 0.0965. The lowest BCUT2D eigenvalue weighted by molar-refractivity contribution is 0.223. The molecule has 0 radical (unpaired) electrons. The Bertz CT molecular complexity index is 1030. The lowest BCUT2D eigenvalue weighted by atomic mass is 10.2. The Balaban J connectivity index is 1.51. The van der Waals surface area contributed by atoms with Gasteiger partial charge in [-0.05, 0) is 43.7 Å². The molecule has 1 unspecified atom stereocenters. The van der Waals surface area contributed by atoms with Crippen LogP contribution in [0.15, 0.2) is 59.9 Å². The zero-order valence-corrected chi connectivity index (χ0v) is 18.2. The Morgan fingerprint density at radius 3 is 2.68 bits per heavy atom. The first-order chi connectivity index (χ1) is 15.0. The van der Waals surface area contributed by atoms with Crippen molar-refractivity contribution in [2.45, 2.75) is 26.5 Å². The Morgan fingerprint density at radius 1 is 1.19 bits per heavy atom. The van der Waals surface area contributed by atoms with Crippen molar-refractivity contribution >= 4 is 5.96 Å². The van der Waals surface area contributed by atoms with E-state index in [1.165, 1.54) is 6.07 Å². The molecule has 1 aromatic heterocycles. The number of halogens is 1. The zero-order valence-electron chi connectivity index (χ0n) is 18.2. The second kappa shape index (κ2) is 10.5. The molecule has 31 heavy (non-hydrogen) atoms. The summed E-state index contributed by atoms with van der Waals surface area (Å²) in [5.74, 6) is 2.52. The maximum atomic E-state index is 14.6. The SMILES string of the molecule is CN=C(NCc1ccc(-n2ccnc2C)c(F)c1)NCC(C)Oc1cccc(OC)c1. The summed E-state index contributed by atoms with van der Waals surface area (Å²) < 4.78 is 27.4. The van der Waals surface area contributed by atoms with Gasteiger partial charge in [0.1, 0.15) is 29.2 Å². The molecule has 1 heterocycles. The number of aryl methyl sites for hydroxylation is 1. The number of methoxy groups -OCH3 is 1. The van der Waals surface area contributed by atoms with E-state index in [1.807, 2.05) is 44.2 Å². The predicted molar refractivity (Wildman–Crippen MR) is 120 cm³/mol. The monoisotopic (exact) mass is 425 g/mol. The quantitative estimate of drug-likeness (QED) is 0.427. The molecule has 3 rings (SSSR count). The Kier molecular flexibility index (Phi) is 7.48. The largest absolute Gasteiger partial charge is 0.497 e. The van der Waals surface area contributed by atoms with Crippen LogP contribution >= 0.6 is 0 Å². The number of ether oxygens (including phenoxy) is 2. The number of imidazole rings is 1. The van der Waals surface area contributed by atoms with Crippen LogP contribution in [0.25, 0.3) is 5.69 Å². The lowest BCUT2D eigenvalue weighted by Gasteiger charge is -2.18. The Hall–Kier alpha value is -3.55. The molecule has 7 nitrogen and oxygen atoms in total. The average molecular weight is 426 g/mol. The third kappa shape index (κ3) is 5.97. The number of guanidine groups is 1. The second-order valence-electron chi connectivity index (χ2n) is 7.04. The summed E-state index contributed by atoms with van der Waals surface area (Å²) in [5, 5.41) is 6.41.